The van der Waals surface area contributed by atoms with Gasteiger partial charge in [0.05, 0.1) is 16.0 Å². The largest absolute Gasteiger partial charge is 0.337 e. The Morgan fingerprint density at radius 1 is 1.20 bits per heavy atom. The molecule has 0 fully saturated rings. The van der Waals surface area contributed by atoms with Gasteiger partial charge in [-0.2, -0.15) is 0 Å². The molecule has 3 aromatic rings. The lowest BCUT2D eigenvalue weighted by atomic mass is 10.3. The summed E-state index contributed by atoms with van der Waals surface area (Å²) in [5.74, 6) is 0.808. The zero-order valence-corrected chi connectivity index (χ0v) is 8.71. The van der Waals surface area contributed by atoms with E-state index in [1.807, 2.05) is 29.6 Å². The fourth-order valence-corrected chi connectivity index (χ4v) is 2.06. The van der Waals surface area contributed by atoms with Gasteiger partial charge in [0.1, 0.15) is 5.69 Å². The van der Waals surface area contributed by atoms with Gasteiger partial charge >= 0.3 is 0 Å². The molecule has 1 radical (unpaired) electrons. The van der Waals surface area contributed by atoms with E-state index in [0.29, 0.717) is 0 Å². The zero-order chi connectivity index (χ0) is 10.3. The van der Waals surface area contributed by atoms with Crippen molar-refractivity contribution in [2.45, 2.75) is 0 Å². The predicted octanol–water partition coefficient (Wildman–Crippen LogP) is 2.87. The molecule has 0 atom stereocenters. The van der Waals surface area contributed by atoms with Crippen LogP contribution in [0.4, 0.5) is 0 Å². The summed E-state index contributed by atoms with van der Waals surface area (Å²) in [7, 11) is 0. The summed E-state index contributed by atoms with van der Waals surface area (Å²) in [6, 6.07) is 7.94. The second-order valence-corrected chi connectivity index (χ2v) is 4.17. The molecule has 0 unspecified atom stereocenters. The molecule has 0 bridgehead atoms. The number of imidazole rings is 1. The van der Waals surface area contributed by atoms with E-state index in [1.165, 1.54) is 11.3 Å². The fourth-order valence-electron chi connectivity index (χ4n) is 1.49. The SMILES string of the molecule is [CH2]c1nc(-c2nc3ccccc3[nH]2)cs1. The van der Waals surface area contributed by atoms with E-state index < -0.39 is 0 Å². The van der Waals surface area contributed by atoms with Gasteiger partial charge in [0.25, 0.3) is 0 Å². The molecule has 15 heavy (non-hydrogen) atoms. The van der Waals surface area contributed by atoms with Crippen molar-refractivity contribution in [2.24, 2.45) is 0 Å². The van der Waals surface area contributed by atoms with E-state index >= 15 is 0 Å². The third kappa shape index (κ3) is 1.43. The van der Waals surface area contributed by atoms with Crippen LogP contribution in [0.1, 0.15) is 5.01 Å². The Balaban J connectivity index is 2.19. The molecule has 2 heterocycles. The van der Waals surface area contributed by atoms with Gasteiger partial charge in [-0.25, -0.2) is 9.97 Å². The number of fused-ring (bicyclic) bond motifs is 1. The highest BCUT2D eigenvalue weighted by molar-refractivity contribution is 7.10. The first kappa shape index (κ1) is 8.61. The molecule has 2 aromatic heterocycles. The van der Waals surface area contributed by atoms with Crippen molar-refractivity contribution in [1.29, 1.82) is 0 Å². The lowest BCUT2D eigenvalue weighted by Crippen LogP contribution is -1.79. The molecule has 0 aliphatic carbocycles. The summed E-state index contributed by atoms with van der Waals surface area (Å²) < 4.78 is 0. The molecule has 0 aliphatic heterocycles. The van der Waals surface area contributed by atoms with Gasteiger partial charge in [0.15, 0.2) is 5.82 Å². The minimum Gasteiger partial charge on any atom is -0.337 e. The number of thiazole rings is 1. The van der Waals surface area contributed by atoms with E-state index in [1.54, 1.807) is 0 Å². The van der Waals surface area contributed by atoms with Gasteiger partial charge in [0.2, 0.25) is 0 Å². The van der Waals surface area contributed by atoms with E-state index in [4.69, 9.17) is 0 Å². The molecule has 1 aromatic carbocycles. The number of aromatic amines is 1. The number of hydrogen-bond acceptors (Lipinski definition) is 3. The first-order chi connectivity index (χ1) is 7.33. The van der Waals surface area contributed by atoms with Gasteiger partial charge in [-0.3, -0.25) is 0 Å². The number of para-hydroxylation sites is 2. The van der Waals surface area contributed by atoms with Crippen LogP contribution in [0.15, 0.2) is 29.6 Å². The molecule has 0 amide bonds. The number of hydrogen-bond donors (Lipinski definition) is 1. The van der Waals surface area contributed by atoms with Crippen LogP contribution < -0.4 is 0 Å². The van der Waals surface area contributed by atoms with Crippen LogP contribution in [0.5, 0.6) is 0 Å². The quantitative estimate of drug-likeness (QED) is 0.676. The zero-order valence-electron chi connectivity index (χ0n) is 7.90. The van der Waals surface area contributed by atoms with Crippen molar-refractivity contribution < 1.29 is 0 Å². The Labute approximate surface area is 90.8 Å². The Morgan fingerprint density at radius 2 is 2.07 bits per heavy atom. The summed E-state index contributed by atoms with van der Waals surface area (Å²) in [6.45, 7) is 3.79. The smallest absolute Gasteiger partial charge is 0.158 e. The monoisotopic (exact) mass is 214 g/mol. The molecule has 73 valence electrons. The van der Waals surface area contributed by atoms with Crippen molar-refractivity contribution in [1.82, 2.24) is 15.0 Å². The number of H-pyrrole nitrogens is 1. The molecule has 1 N–H and O–H groups in total. The third-order valence-corrected chi connectivity index (χ3v) is 2.89. The number of nitrogens with zero attached hydrogens (tertiary/aromatic N) is 2. The average molecular weight is 214 g/mol. The summed E-state index contributed by atoms with van der Waals surface area (Å²) in [4.78, 5) is 12.0. The Hall–Kier alpha value is -1.68. The maximum Gasteiger partial charge on any atom is 0.158 e. The second-order valence-electron chi connectivity index (χ2n) is 3.23. The predicted molar refractivity (Wildman–Crippen MR) is 61.7 cm³/mol. The molecule has 0 aliphatic rings. The van der Waals surface area contributed by atoms with Crippen LogP contribution >= 0.6 is 11.3 Å². The van der Waals surface area contributed by atoms with Crippen LogP contribution in [0.2, 0.25) is 0 Å². The lowest BCUT2D eigenvalue weighted by molar-refractivity contribution is 1.26. The highest BCUT2D eigenvalue weighted by atomic mass is 32.1. The summed E-state index contributed by atoms with van der Waals surface area (Å²) in [5, 5.41) is 2.77. The van der Waals surface area contributed by atoms with Gasteiger partial charge in [-0.05, 0) is 12.1 Å². The number of aromatic nitrogens is 3. The molecule has 3 nitrogen and oxygen atoms in total. The van der Waals surface area contributed by atoms with Crippen LogP contribution in [0.3, 0.4) is 0 Å². The Bertz CT molecular complexity index is 576. The minimum absolute atomic E-state index is 0.808. The Kier molecular flexibility index (Phi) is 1.82. The van der Waals surface area contributed by atoms with Crippen LogP contribution in [0.25, 0.3) is 22.6 Å². The van der Waals surface area contributed by atoms with Crippen molar-refractivity contribution in [2.75, 3.05) is 0 Å². The van der Waals surface area contributed by atoms with Crippen LogP contribution in [-0.2, 0) is 0 Å². The second kappa shape index (κ2) is 3.17. The molecular formula is C11H8N3S. The molecule has 0 spiro atoms. The Morgan fingerprint density at radius 3 is 2.80 bits per heavy atom. The maximum atomic E-state index is 4.46. The van der Waals surface area contributed by atoms with Crippen LogP contribution in [-0.4, -0.2) is 15.0 Å². The van der Waals surface area contributed by atoms with Crippen molar-refractivity contribution >= 4 is 22.4 Å². The molecule has 3 rings (SSSR count). The highest BCUT2D eigenvalue weighted by Gasteiger charge is 2.06. The van der Waals surface area contributed by atoms with Crippen molar-refractivity contribution in [3.8, 4) is 11.5 Å². The lowest BCUT2D eigenvalue weighted by Gasteiger charge is -1.85. The van der Waals surface area contributed by atoms with E-state index in [0.717, 1.165) is 27.6 Å². The molecule has 0 saturated heterocycles. The number of rotatable bonds is 1. The van der Waals surface area contributed by atoms with E-state index in [9.17, 15) is 0 Å². The number of benzene rings is 1. The maximum absolute atomic E-state index is 4.46. The summed E-state index contributed by atoms with van der Waals surface area (Å²) >= 11 is 1.53. The standard InChI is InChI=1S/C11H8N3S/c1-7-12-10(6-15-7)11-13-8-4-2-3-5-9(8)14-11/h2-6H,1H2,(H,13,14). The number of nitrogens with one attached hydrogen (secondary N) is 1. The molecule has 4 heteroatoms. The van der Waals surface area contributed by atoms with Crippen LogP contribution in [0, 0.1) is 6.92 Å². The van der Waals surface area contributed by atoms with Gasteiger partial charge in [-0.1, -0.05) is 12.1 Å². The van der Waals surface area contributed by atoms with Gasteiger partial charge < -0.3 is 4.98 Å². The van der Waals surface area contributed by atoms with Gasteiger partial charge in [0, 0.05) is 12.3 Å². The third-order valence-electron chi connectivity index (χ3n) is 2.18. The first-order valence-electron chi connectivity index (χ1n) is 4.55. The van der Waals surface area contributed by atoms with E-state index in [-0.39, 0.29) is 0 Å². The minimum atomic E-state index is 0.808. The first-order valence-corrected chi connectivity index (χ1v) is 5.43. The summed E-state index contributed by atoms with van der Waals surface area (Å²) in [5.41, 5.74) is 2.86. The average Bonchev–Trinajstić information content (AvgIpc) is 2.82. The van der Waals surface area contributed by atoms with Crippen molar-refractivity contribution in [3.63, 3.8) is 0 Å². The highest BCUT2D eigenvalue weighted by Crippen LogP contribution is 2.21. The van der Waals surface area contributed by atoms with Crippen molar-refractivity contribution in [3.05, 3.63) is 41.6 Å². The van der Waals surface area contributed by atoms with E-state index in [2.05, 4.69) is 21.9 Å². The molecule has 0 saturated carbocycles. The topological polar surface area (TPSA) is 41.6 Å². The molecular weight excluding hydrogens is 206 g/mol. The fraction of sp³-hybridized carbons (Fsp3) is 0. The normalized spacial score (nSPS) is 11.0. The van der Waals surface area contributed by atoms with Gasteiger partial charge in [-0.15, -0.1) is 11.3 Å². The summed E-state index contributed by atoms with van der Waals surface area (Å²) in [6.07, 6.45) is 0.